The van der Waals surface area contributed by atoms with E-state index < -0.39 is 11.2 Å². The Morgan fingerprint density at radius 3 is 2.50 bits per heavy atom. The Bertz CT molecular complexity index is 502. The molecular formula is C15H21ClFN3O2. The first-order valence-electron chi connectivity index (χ1n) is 7.42. The van der Waals surface area contributed by atoms with E-state index in [2.05, 4.69) is 15.3 Å². The van der Waals surface area contributed by atoms with E-state index in [0.29, 0.717) is 5.88 Å². The summed E-state index contributed by atoms with van der Waals surface area (Å²) in [4.78, 5) is 19.7. The van der Waals surface area contributed by atoms with Gasteiger partial charge in [0.2, 0.25) is 5.91 Å². The molecule has 7 heteroatoms. The summed E-state index contributed by atoms with van der Waals surface area (Å²) in [6, 6.07) is 0.334. The number of nitrogens with zero attached hydrogens (tertiary/aromatic N) is 2. The first kappa shape index (κ1) is 16.9. The van der Waals surface area contributed by atoms with Crippen molar-refractivity contribution in [2.75, 3.05) is 5.88 Å². The maximum Gasteiger partial charge on any atom is 0.316 e. The predicted octanol–water partition coefficient (Wildman–Crippen LogP) is 2.69. The Labute approximate surface area is 134 Å². The minimum Gasteiger partial charge on any atom is -0.460 e. The maximum absolute atomic E-state index is 12.7. The fourth-order valence-electron chi connectivity index (χ4n) is 2.28. The zero-order chi connectivity index (χ0) is 16.2. The van der Waals surface area contributed by atoms with E-state index in [0.717, 1.165) is 38.1 Å². The van der Waals surface area contributed by atoms with Gasteiger partial charge < -0.3 is 10.1 Å². The topological polar surface area (TPSA) is 64.1 Å². The first-order chi connectivity index (χ1) is 10.4. The van der Waals surface area contributed by atoms with Gasteiger partial charge >= 0.3 is 6.01 Å². The molecule has 0 bridgehead atoms. The van der Waals surface area contributed by atoms with Crippen LogP contribution in [0.1, 0.15) is 39.5 Å². The van der Waals surface area contributed by atoms with Gasteiger partial charge in [0.25, 0.3) is 0 Å². The van der Waals surface area contributed by atoms with Gasteiger partial charge in [-0.1, -0.05) is 0 Å². The van der Waals surface area contributed by atoms with Crippen LogP contribution >= 0.6 is 11.6 Å². The Kier molecular flexibility index (Phi) is 5.56. The van der Waals surface area contributed by atoms with Crippen LogP contribution in [0.25, 0.3) is 0 Å². The van der Waals surface area contributed by atoms with Crippen LogP contribution in [0.4, 0.5) is 4.39 Å². The van der Waals surface area contributed by atoms with Crippen LogP contribution in [0.3, 0.4) is 0 Å². The van der Waals surface area contributed by atoms with Crippen molar-refractivity contribution < 1.29 is 13.9 Å². The van der Waals surface area contributed by atoms with Gasteiger partial charge in [0, 0.05) is 11.9 Å². The van der Waals surface area contributed by atoms with Crippen molar-refractivity contribution in [2.45, 2.75) is 51.7 Å². The number of alkyl halides is 1. The number of ether oxygens (including phenoxy) is 1. The predicted molar refractivity (Wildman–Crippen MR) is 81.3 cm³/mol. The van der Waals surface area contributed by atoms with Gasteiger partial charge in [-0.2, -0.15) is 0 Å². The average Bonchev–Trinajstić information content (AvgIpc) is 2.51. The van der Waals surface area contributed by atoms with Gasteiger partial charge in [-0.15, -0.1) is 11.6 Å². The summed E-state index contributed by atoms with van der Waals surface area (Å²) in [6.07, 6.45) is 5.43. The average molecular weight is 330 g/mol. The number of carbonyl (C=O) groups excluding carboxylic acids is 1. The molecule has 1 aliphatic rings. The zero-order valence-electron chi connectivity index (χ0n) is 12.8. The second-order valence-electron chi connectivity index (χ2n) is 6.27. The van der Waals surface area contributed by atoms with E-state index >= 15 is 0 Å². The molecule has 0 atom stereocenters. The van der Waals surface area contributed by atoms with Crippen molar-refractivity contribution >= 4 is 17.5 Å². The van der Waals surface area contributed by atoms with Gasteiger partial charge in [0.1, 0.15) is 6.10 Å². The van der Waals surface area contributed by atoms with E-state index in [9.17, 15) is 9.18 Å². The lowest BCUT2D eigenvalue weighted by atomic mass is 9.90. The number of aromatic nitrogens is 2. The monoisotopic (exact) mass is 329 g/mol. The minimum atomic E-state index is -0.559. The van der Waals surface area contributed by atoms with Gasteiger partial charge in [0.05, 0.1) is 17.8 Å². The smallest absolute Gasteiger partial charge is 0.316 e. The molecule has 1 N–H and O–H groups in total. The largest absolute Gasteiger partial charge is 0.460 e. The molecule has 0 unspecified atom stereocenters. The molecule has 1 saturated carbocycles. The summed E-state index contributed by atoms with van der Waals surface area (Å²) in [5, 5.41) is 3.04. The summed E-state index contributed by atoms with van der Waals surface area (Å²) < 4.78 is 18.4. The molecule has 1 fully saturated rings. The van der Waals surface area contributed by atoms with Crippen molar-refractivity contribution in [3.8, 4) is 6.01 Å². The number of hydrogen-bond acceptors (Lipinski definition) is 4. The Morgan fingerprint density at radius 2 is 1.95 bits per heavy atom. The number of nitrogens with one attached hydrogen (secondary N) is 1. The Balaban J connectivity index is 1.78. The van der Waals surface area contributed by atoms with E-state index in [1.807, 2.05) is 13.8 Å². The minimum absolute atomic E-state index is 0.000324. The standard InChI is InChI=1S/C15H21ClFN3O2/c1-15(2,9-16)13(21)20-11-3-5-12(6-4-11)22-14-18-7-10(17)8-19-14/h7-8,11-12H,3-6,9H2,1-2H3,(H,20,21). The fraction of sp³-hybridized carbons (Fsp3) is 0.667. The third kappa shape index (κ3) is 4.53. The lowest BCUT2D eigenvalue weighted by Gasteiger charge is -2.31. The van der Waals surface area contributed by atoms with Gasteiger partial charge in [0.15, 0.2) is 5.82 Å². The Hall–Kier alpha value is -1.43. The van der Waals surface area contributed by atoms with Crippen LogP contribution in [-0.4, -0.2) is 33.9 Å². The van der Waals surface area contributed by atoms with E-state index in [4.69, 9.17) is 16.3 Å². The normalized spacial score (nSPS) is 22.2. The van der Waals surface area contributed by atoms with Gasteiger partial charge in [-0.3, -0.25) is 4.79 Å². The molecule has 0 spiro atoms. The number of carbonyl (C=O) groups is 1. The highest BCUT2D eigenvalue weighted by Gasteiger charge is 2.30. The number of rotatable bonds is 5. The molecule has 22 heavy (non-hydrogen) atoms. The highest BCUT2D eigenvalue weighted by molar-refractivity contribution is 6.19. The summed E-state index contributed by atoms with van der Waals surface area (Å²) >= 11 is 5.81. The molecule has 0 radical (unpaired) electrons. The van der Waals surface area contributed by atoms with Gasteiger partial charge in [-0.05, 0) is 39.5 Å². The third-order valence-electron chi connectivity index (χ3n) is 3.83. The quantitative estimate of drug-likeness (QED) is 0.844. The van der Waals surface area contributed by atoms with Crippen molar-refractivity contribution in [3.63, 3.8) is 0 Å². The highest BCUT2D eigenvalue weighted by Crippen LogP contribution is 2.24. The second-order valence-corrected chi connectivity index (χ2v) is 6.53. The molecule has 1 amide bonds. The van der Waals surface area contributed by atoms with Crippen molar-refractivity contribution in [1.82, 2.24) is 15.3 Å². The fourth-order valence-corrected chi connectivity index (χ4v) is 2.40. The number of amides is 1. The molecular weight excluding hydrogens is 309 g/mol. The summed E-state index contributed by atoms with van der Waals surface area (Å²) in [5.74, 6) is -0.214. The third-order valence-corrected chi connectivity index (χ3v) is 4.50. The lowest BCUT2D eigenvalue weighted by Crippen LogP contribution is -2.46. The summed E-state index contributed by atoms with van der Waals surface area (Å²) in [5.41, 5.74) is -0.559. The van der Waals surface area contributed by atoms with Crippen LogP contribution < -0.4 is 10.1 Å². The van der Waals surface area contributed by atoms with Crippen LogP contribution in [0.15, 0.2) is 12.4 Å². The second kappa shape index (κ2) is 7.22. The summed E-state index contributed by atoms with van der Waals surface area (Å²) in [7, 11) is 0. The zero-order valence-corrected chi connectivity index (χ0v) is 13.6. The van der Waals surface area contributed by atoms with Crippen LogP contribution in [0.2, 0.25) is 0 Å². The van der Waals surface area contributed by atoms with Crippen molar-refractivity contribution in [3.05, 3.63) is 18.2 Å². The molecule has 0 aliphatic heterocycles. The molecule has 2 rings (SSSR count). The lowest BCUT2D eigenvalue weighted by molar-refractivity contribution is -0.129. The van der Waals surface area contributed by atoms with E-state index in [1.54, 1.807) is 0 Å². The summed E-state index contributed by atoms with van der Waals surface area (Å²) in [6.45, 7) is 3.66. The van der Waals surface area contributed by atoms with Crippen LogP contribution in [0.5, 0.6) is 6.01 Å². The molecule has 0 saturated heterocycles. The molecule has 122 valence electrons. The molecule has 5 nitrogen and oxygen atoms in total. The number of hydrogen-bond donors (Lipinski definition) is 1. The number of halogens is 2. The molecule has 0 aromatic carbocycles. The van der Waals surface area contributed by atoms with E-state index in [1.165, 1.54) is 0 Å². The Morgan fingerprint density at radius 1 is 1.36 bits per heavy atom. The van der Waals surface area contributed by atoms with Crippen molar-refractivity contribution in [2.24, 2.45) is 5.41 Å². The van der Waals surface area contributed by atoms with Crippen LogP contribution in [0, 0.1) is 11.2 Å². The molecule has 1 aromatic rings. The van der Waals surface area contributed by atoms with E-state index in [-0.39, 0.29) is 24.1 Å². The molecule has 1 aromatic heterocycles. The van der Waals surface area contributed by atoms with Crippen LogP contribution in [-0.2, 0) is 4.79 Å². The first-order valence-corrected chi connectivity index (χ1v) is 7.95. The highest BCUT2D eigenvalue weighted by atomic mass is 35.5. The molecule has 1 aliphatic carbocycles. The SMILES string of the molecule is CC(C)(CCl)C(=O)NC1CCC(Oc2ncc(F)cn2)CC1. The maximum atomic E-state index is 12.7. The van der Waals surface area contributed by atoms with Crippen molar-refractivity contribution in [1.29, 1.82) is 0 Å². The van der Waals surface area contributed by atoms with Gasteiger partial charge in [-0.25, -0.2) is 14.4 Å². The molecule has 1 heterocycles.